The molecule has 14 heavy (non-hydrogen) atoms. The van der Waals surface area contributed by atoms with E-state index in [2.05, 4.69) is 0 Å². The standard InChI is InChI=1S/C10H11NO3/c12-9-3-4-10(13)11(9)6-5-8-2-1-7-14-8/h1-2,7H,3-6H2. The van der Waals surface area contributed by atoms with E-state index < -0.39 is 0 Å². The Balaban J connectivity index is 1.92. The molecule has 0 aliphatic carbocycles. The van der Waals surface area contributed by atoms with E-state index in [4.69, 9.17) is 4.42 Å². The molecule has 4 nitrogen and oxygen atoms in total. The predicted molar refractivity (Wildman–Crippen MR) is 48.4 cm³/mol. The van der Waals surface area contributed by atoms with Gasteiger partial charge in [0.05, 0.1) is 6.26 Å². The van der Waals surface area contributed by atoms with E-state index in [1.54, 1.807) is 12.3 Å². The van der Waals surface area contributed by atoms with Crippen molar-refractivity contribution in [3.63, 3.8) is 0 Å². The maximum atomic E-state index is 11.2. The van der Waals surface area contributed by atoms with E-state index in [0.717, 1.165) is 5.76 Å². The highest BCUT2D eigenvalue weighted by atomic mass is 16.3. The number of imide groups is 1. The Labute approximate surface area is 81.5 Å². The lowest BCUT2D eigenvalue weighted by Crippen LogP contribution is -2.30. The minimum atomic E-state index is -0.0680. The Morgan fingerprint density at radius 2 is 2.00 bits per heavy atom. The summed E-state index contributed by atoms with van der Waals surface area (Å²) in [6.45, 7) is 0.436. The van der Waals surface area contributed by atoms with Gasteiger partial charge in [-0.2, -0.15) is 0 Å². The quantitative estimate of drug-likeness (QED) is 0.672. The molecule has 0 atom stereocenters. The Kier molecular flexibility index (Phi) is 2.35. The number of likely N-dealkylation sites (tertiary alicyclic amines) is 1. The Morgan fingerprint density at radius 1 is 1.29 bits per heavy atom. The molecule has 0 radical (unpaired) electrons. The van der Waals surface area contributed by atoms with Crippen molar-refractivity contribution < 1.29 is 14.0 Å². The van der Waals surface area contributed by atoms with Crippen molar-refractivity contribution in [2.24, 2.45) is 0 Å². The molecule has 1 aromatic rings. The lowest BCUT2D eigenvalue weighted by Gasteiger charge is -2.11. The van der Waals surface area contributed by atoms with Gasteiger partial charge in [0.15, 0.2) is 0 Å². The highest BCUT2D eigenvalue weighted by Gasteiger charge is 2.28. The monoisotopic (exact) mass is 193 g/mol. The summed E-state index contributed by atoms with van der Waals surface area (Å²) in [6.07, 6.45) is 2.90. The molecule has 1 aliphatic heterocycles. The first-order chi connectivity index (χ1) is 6.77. The Bertz CT molecular complexity index is 326. The van der Waals surface area contributed by atoms with E-state index in [9.17, 15) is 9.59 Å². The average Bonchev–Trinajstić information content (AvgIpc) is 2.76. The molecule has 1 aromatic heterocycles. The van der Waals surface area contributed by atoms with Crippen LogP contribution in [0.25, 0.3) is 0 Å². The van der Waals surface area contributed by atoms with E-state index >= 15 is 0 Å². The predicted octanol–water partition coefficient (Wildman–Crippen LogP) is 0.971. The van der Waals surface area contributed by atoms with Gasteiger partial charge in [-0.05, 0) is 12.1 Å². The number of amides is 2. The highest BCUT2D eigenvalue weighted by molar-refractivity contribution is 6.01. The van der Waals surface area contributed by atoms with Gasteiger partial charge >= 0.3 is 0 Å². The van der Waals surface area contributed by atoms with Gasteiger partial charge in [-0.15, -0.1) is 0 Å². The largest absolute Gasteiger partial charge is 0.469 e. The molecule has 0 aromatic carbocycles. The number of carbonyl (C=O) groups excluding carboxylic acids is 2. The Morgan fingerprint density at radius 3 is 2.57 bits per heavy atom. The molecule has 2 rings (SSSR count). The van der Waals surface area contributed by atoms with Gasteiger partial charge in [0.1, 0.15) is 5.76 Å². The fourth-order valence-electron chi connectivity index (χ4n) is 1.55. The minimum absolute atomic E-state index is 0.0680. The zero-order chi connectivity index (χ0) is 9.97. The lowest BCUT2D eigenvalue weighted by atomic mass is 10.3. The van der Waals surface area contributed by atoms with Gasteiger partial charge in [0.25, 0.3) is 0 Å². The topological polar surface area (TPSA) is 50.5 Å². The first-order valence-electron chi connectivity index (χ1n) is 4.63. The van der Waals surface area contributed by atoms with Crippen LogP contribution in [0.5, 0.6) is 0 Å². The number of furan rings is 1. The second kappa shape index (κ2) is 3.65. The molecule has 74 valence electrons. The number of hydrogen-bond donors (Lipinski definition) is 0. The van der Waals surface area contributed by atoms with Crippen molar-refractivity contribution in [1.29, 1.82) is 0 Å². The molecule has 0 N–H and O–H groups in total. The summed E-state index contributed by atoms with van der Waals surface area (Å²) in [5.74, 6) is 0.667. The van der Waals surface area contributed by atoms with Gasteiger partial charge in [-0.3, -0.25) is 14.5 Å². The molecule has 0 bridgehead atoms. The molecular weight excluding hydrogens is 182 g/mol. The lowest BCUT2D eigenvalue weighted by molar-refractivity contribution is -0.138. The summed E-state index contributed by atoms with van der Waals surface area (Å²) in [6, 6.07) is 3.63. The van der Waals surface area contributed by atoms with Gasteiger partial charge in [0.2, 0.25) is 11.8 Å². The second-order valence-electron chi connectivity index (χ2n) is 3.27. The van der Waals surface area contributed by atoms with Crippen LogP contribution < -0.4 is 0 Å². The third-order valence-electron chi connectivity index (χ3n) is 2.32. The highest BCUT2D eigenvalue weighted by Crippen LogP contribution is 2.12. The third-order valence-corrected chi connectivity index (χ3v) is 2.32. The maximum Gasteiger partial charge on any atom is 0.229 e. The normalized spacial score (nSPS) is 16.7. The van der Waals surface area contributed by atoms with Crippen LogP contribution >= 0.6 is 0 Å². The van der Waals surface area contributed by atoms with Crippen molar-refractivity contribution in [3.8, 4) is 0 Å². The second-order valence-corrected chi connectivity index (χ2v) is 3.27. The van der Waals surface area contributed by atoms with Crippen LogP contribution in [0.3, 0.4) is 0 Å². The molecule has 2 heterocycles. The smallest absolute Gasteiger partial charge is 0.229 e. The molecule has 2 amide bonds. The average molecular weight is 193 g/mol. The summed E-state index contributed by atoms with van der Waals surface area (Å²) in [5, 5.41) is 0. The number of hydrogen-bond acceptors (Lipinski definition) is 3. The number of rotatable bonds is 3. The first-order valence-corrected chi connectivity index (χ1v) is 4.63. The SMILES string of the molecule is O=C1CCC(=O)N1CCc1ccco1. The fraction of sp³-hybridized carbons (Fsp3) is 0.400. The van der Waals surface area contributed by atoms with Crippen LogP contribution in [0, 0.1) is 0 Å². The fourth-order valence-corrected chi connectivity index (χ4v) is 1.55. The Hall–Kier alpha value is -1.58. The first kappa shape index (κ1) is 8.99. The molecule has 1 fully saturated rings. The van der Waals surface area contributed by atoms with Crippen LogP contribution in [-0.4, -0.2) is 23.3 Å². The molecule has 0 spiro atoms. The summed E-state index contributed by atoms with van der Waals surface area (Å²) in [7, 11) is 0. The molecule has 1 aliphatic rings. The number of nitrogens with zero attached hydrogens (tertiary/aromatic N) is 1. The summed E-state index contributed by atoms with van der Waals surface area (Å²) in [5.41, 5.74) is 0. The van der Waals surface area contributed by atoms with Crippen molar-refractivity contribution >= 4 is 11.8 Å². The van der Waals surface area contributed by atoms with Gasteiger partial charge in [-0.1, -0.05) is 0 Å². The zero-order valence-corrected chi connectivity index (χ0v) is 7.73. The molecule has 1 saturated heterocycles. The zero-order valence-electron chi connectivity index (χ0n) is 7.73. The van der Waals surface area contributed by atoms with Crippen molar-refractivity contribution in [1.82, 2.24) is 4.90 Å². The van der Waals surface area contributed by atoms with E-state index in [1.807, 2.05) is 6.07 Å². The summed E-state index contributed by atoms with van der Waals surface area (Å²) < 4.78 is 5.11. The van der Waals surface area contributed by atoms with Gasteiger partial charge < -0.3 is 4.42 Å². The van der Waals surface area contributed by atoms with E-state index in [0.29, 0.717) is 25.8 Å². The minimum Gasteiger partial charge on any atom is -0.469 e. The van der Waals surface area contributed by atoms with E-state index in [1.165, 1.54) is 4.90 Å². The van der Waals surface area contributed by atoms with Crippen LogP contribution in [0.1, 0.15) is 18.6 Å². The molecular formula is C10H11NO3. The summed E-state index contributed by atoms with van der Waals surface area (Å²) in [4.78, 5) is 23.7. The maximum absolute atomic E-state index is 11.2. The number of carbonyl (C=O) groups is 2. The molecule has 4 heteroatoms. The van der Waals surface area contributed by atoms with Crippen LogP contribution in [0.4, 0.5) is 0 Å². The molecule has 0 unspecified atom stereocenters. The van der Waals surface area contributed by atoms with Gasteiger partial charge in [-0.25, -0.2) is 0 Å². The van der Waals surface area contributed by atoms with Crippen molar-refractivity contribution in [2.45, 2.75) is 19.3 Å². The van der Waals surface area contributed by atoms with E-state index in [-0.39, 0.29) is 11.8 Å². The van der Waals surface area contributed by atoms with Crippen LogP contribution in [0.15, 0.2) is 22.8 Å². The summed E-state index contributed by atoms with van der Waals surface area (Å²) >= 11 is 0. The van der Waals surface area contributed by atoms with Crippen molar-refractivity contribution in [3.05, 3.63) is 24.2 Å². The van der Waals surface area contributed by atoms with Crippen molar-refractivity contribution in [2.75, 3.05) is 6.54 Å². The van der Waals surface area contributed by atoms with Crippen LogP contribution in [0.2, 0.25) is 0 Å². The van der Waals surface area contributed by atoms with Crippen LogP contribution in [-0.2, 0) is 16.0 Å². The van der Waals surface area contributed by atoms with Gasteiger partial charge in [0, 0.05) is 25.8 Å². The third kappa shape index (κ3) is 1.69. The molecule has 0 saturated carbocycles.